The van der Waals surface area contributed by atoms with E-state index in [1.807, 2.05) is 0 Å². The van der Waals surface area contributed by atoms with Gasteiger partial charge in [0.15, 0.2) is 0 Å². The van der Waals surface area contributed by atoms with Gasteiger partial charge in [-0.2, -0.15) is 0 Å². The van der Waals surface area contributed by atoms with Crippen LogP contribution in [0.2, 0.25) is 0 Å². The lowest BCUT2D eigenvalue weighted by Crippen LogP contribution is -2.56. The number of rotatable bonds is 6. The Kier molecular flexibility index (Phi) is 5.30. The zero-order valence-electron chi connectivity index (χ0n) is 13.7. The minimum atomic E-state index is -0.0515. The molecule has 1 aliphatic heterocycles. The number of ether oxygens (including phenoxy) is 1. The van der Waals surface area contributed by atoms with E-state index in [9.17, 15) is 5.11 Å². The van der Waals surface area contributed by atoms with Crippen LogP contribution in [-0.4, -0.2) is 24.4 Å². The van der Waals surface area contributed by atoms with E-state index >= 15 is 0 Å². The Hall–Kier alpha value is -0.340. The molecule has 1 saturated heterocycles. The molecule has 0 aromatic heterocycles. The van der Waals surface area contributed by atoms with Crippen LogP contribution in [0.1, 0.15) is 59.8 Å². The zero-order valence-corrected chi connectivity index (χ0v) is 13.7. The van der Waals surface area contributed by atoms with E-state index < -0.39 is 0 Å². The van der Waals surface area contributed by atoms with E-state index in [-0.39, 0.29) is 12.0 Å². The highest BCUT2D eigenvalue weighted by Gasteiger charge is 2.52. The number of hydrogen-bond acceptors (Lipinski definition) is 2. The quantitative estimate of drug-likeness (QED) is 0.584. The molecule has 2 bridgehead atoms. The van der Waals surface area contributed by atoms with Gasteiger partial charge in [-0.25, -0.2) is 0 Å². The average molecular weight is 280 g/mol. The molecule has 2 nitrogen and oxygen atoms in total. The highest BCUT2D eigenvalue weighted by atomic mass is 16.5. The maximum Gasteiger partial charge on any atom is 0.0643 e. The summed E-state index contributed by atoms with van der Waals surface area (Å²) in [7, 11) is 0. The van der Waals surface area contributed by atoms with E-state index in [1.54, 1.807) is 0 Å². The summed E-state index contributed by atoms with van der Waals surface area (Å²) in [5.41, 5.74) is 1.43. The first-order chi connectivity index (χ1) is 9.56. The Labute approximate surface area is 124 Å². The summed E-state index contributed by atoms with van der Waals surface area (Å²) in [6.07, 6.45) is 9.15. The number of unbranched alkanes of at least 4 members (excludes halogenated alkanes) is 3. The van der Waals surface area contributed by atoms with E-state index in [2.05, 4.69) is 33.8 Å². The molecule has 2 heteroatoms. The summed E-state index contributed by atoms with van der Waals surface area (Å²) in [6.45, 7) is 10.0. The van der Waals surface area contributed by atoms with Crippen molar-refractivity contribution in [3.05, 3.63) is 11.6 Å². The molecular weight excluding hydrogens is 248 g/mol. The standard InChI is InChI=1S/C18H32O2/c1-5-6-7-8-9-16-17-13(2)10-14(3)18(11-19,12-20-16)15(17)4/h10,14-17,19H,5-9,11-12H2,1-4H3/t14-,15+,16+,17+,18-/m1/s1. The second-order valence-electron chi connectivity index (χ2n) is 7.10. The van der Waals surface area contributed by atoms with Crippen LogP contribution in [0, 0.1) is 23.2 Å². The van der Waals surface area contributed by atoms with Crippen molar-refractivity contribution in [2.75, 3.05) is 13.2 Å². The van der Waals surface area contributed by atoms with Crippen LogP contribution in [0.25, 0.3) is 0 Å². The monoisotopic (exact) mass is 280 g/mol. The molecule has 0 unspecified atom stereocenters. The van der Waals surface area contributed by atoms with Gasteiger partial charge >= 0.3 is 0 Å². The van der Waals surface area contributed by atoms with Crippen molar-refractivity contribution in [3.63, 3.8) is 0 Å². The Bertz CT molecular complexity index is 349. The lowest BCUT2D eigenvalue weighted by molar-refractivity contribution is -0.164. The largest absolute Gasteiger partial charge is 0.396 e. The molecule has 1 fully saturated rings. The third-order valence-electron chi connectivity index (χ3n) is 5.99. The van der Waals surface area contributed by atoms with E-state index in [0.29, 0.717) is 23.9 Å². The molecule has 0 spiro atoms. The van der Waals surface area contributed by atoms with Gasteiger partial charge in [0.05, 0.1) is 19.3 Å². The predicted molar refractivity (Wildman–Crippen MR) is 83.6 cm³/mol. The van der Waals surface area contributed by atoms with Gasteiger partial charge in [-0.3, -0.25) is 0 Å². The molecule has 0 saturated carbocycles. The molecule has 0 radical (unpaired) electrons. The van der Waals surface area contributed by atoms with Crippen molar-refractivity contribution in [3.8, 4) is 0 Å². The third-order valence-corrected chi connectivity index (χ3v) is 5.99. The third kappa shape index (κ3) is 2.69. The average Bonchev–Trinajstić information content (AvgIpc) is 2.42. The molecule has 1 aliphatic carbocycles. The van der Waals surface area contributed by atoms with Crippen LogP contribution in [-0.2, 0) is 4.74 Å². The van der Waals surface area contributed by atoms with E-state index in [0.717, 1.165) is 6.61 Å². The Morgan fingerprint density at radius 1 is 1.30 bits per heavy atom. The molecule has 1 heterocycles. The van der Waals surface area contributed by atoms with E-state index in [1.165, 1.54) is 37.7 Å². The summed E-state index contributed by atoms with van der Waals surface area (Å²) < 4.78 is 6.23. The molecule has 116 valence electrons. The van der Waals surface area contributed by atoms with Crippen LogP contribution in [0.15, 0.2) is 11.6 Å². The fraction of sp³-hybridized carbons (Fsp3) is 0.889. The van der Waals surface area contributed by atoms with Crippen molar-refractivity contribution in [1.29, 1.82) is 0 Å². The van der Waals surface area contributed by atoms with Gasteiger partial charge in [0.25, 0.3) is 0 Å². The zero-order chi connectivity index (χ0) is 14.8. The van der Waals surface area contributed by atoms with Crippen LogP contribution in [0.5, 0.6) is 0 Å². The molecule has 1 N–H and O–H groups in total. The summed E-state index contributed by atoms with van der Waals surface area (Å²) in [6, 6.07) is 0. The fourth-order valence-corrected chi connectivity index (χ4v) is 4.45. The van der Waals surface area contributed by atoms with Gasteiger partial charge in [0, 0.05) is 11.3 Å². The maximum atomic E-state index is 9.94. The Morgan fingerprint density at radius 2 is 2.05 bits per heavy atom. The van der Waals surface area contributed by atoms with Crippen molar-refractivity contribution in [1.82, 2.24) is 0 Å². The number of hydrogen-bond donors (Lipinski definition) is 1. The molecule has 0 aromatic carbocycles. The Morgan fingerprint density at radius 3 is 2.70 bits per heavy atom. The number of aliphatic hydroxyl groups excluding tert-OH is 1. The van der Waals surface area contributed by atoms with Crippen molar-refractivity contribution < 1.29 is 9.84 Å². The second kappa shape index (κ2) is 6.62. The number of allylic oxidation sites excluding steroid dienone is 1. The molecule has 20 heavy (non-hydrogen) atoms. The van der Waals surface area contributed by atoms with Gasteiger partial charge in [-0.1, -0.05) is 58.1 Å². The minimum Gasteiger partial charge on any atom is -0.396 e. The first kappa shape index (κ1) is 16.0. The summed E-state index contributed by atoms with van der Waals surface area (Å²) in [5.74, 6) is 1.45. The Balaban J connectivity index is 2.08. The summed E-state index contributed by atoms with van der Waals surface area (Å²) in [5, 5.41) is 9.94. The second-order valence-corrected chi connectivity index (χ2v) is 7.10. The van der Waals surface area contributed by atoms with Crippen LogP contribution in [0.3, 0.4) is 0 Å². The summed E-state index contributed by atoms with van der Waals surface area (Å²) >= 11 is 0. The maximum absolute atomic E-state index is 9.94. The molecule has 5 atom stereocenters. The van der Waals surface area contributed by atoms with Crippen molar-refractivity contribution in [2.24, 2.45) is 23.2 Å². The molecular formula is C18H32O2. The van der Waals surface area contributed by atoms with Crippen molar-refractivity contribution >= 4 is 0 Å². The van der Waals surface area contributed by atoms with Crippen LogP contribution in [0.4, 0.5) is 0 Å². The van der Waals surface area contributed by atoms with Crippen LogP contribution >= 0.6 is 0 Å². The fourth-order valence-electron chi connectivity index (χ4n) is 4.45. The normalized spacial score (nSPS) is 40.5. The van der Waals surface area contributed by atoms with Gasteiger partial charge in [0.2, 0.25) is 0 Å². The van der Waals surface area contributed by atoms with Crippen molar-refractivity contribution in [2.45, 2.75) is 65.9 Å². The topological polar surface area (TPSA) is 29.5 Å². The molecule has 2 rings (SSSR count). The number of aliphatic hydroxyl groups is 1. The first-order valence-corrected chi connectivity index (χ1v) is 8.47. The van der Waals surface area contributed by atoms with Gasteiger partial charge in [0.1, 0.15) is 0 Å². The lowest BCUT2D eigenvalue weighted by Gasteiger charge is -2.55. The summed E-state index contributed by atoms with van der Waals surface area (Å²) in [4.78, 5) is 0. The highest BCUT2D eigenvalue weighted by Crippen LogP contribution is 2.52. The molecule has 0 aromatic rings. The predicted octanol–water partition coefficient (Wildman–Crippen LogP) is 4.18. The van der Waals surface area contributed by atoms with Crippen LogP contribution < -0.4 is 0 Å². The first-order valence-electron chi connectivity index (χ1n) is 8.47. The van der Waals surface area contributed by atoms with Gasteiger partial charge in [-0.15, -0.1) is 0 Å². The van der Waals surface area contributed by atoms with Gasteiger partial charge in [-0.05, 0) is 25.2 Å². The smallest absolute Gasteiger partial charge is 0.0643 e. The molecule has 0 amide bonds. The molecule has 2 aliphatic rings. The SMILES string of the molecule is CCCCCC[C@@H]1OC[C@]2(CO)[C@H](C)C=C(C)[C@H]1[C@@H]2C. The minimum absolute atomic E-state index is 0.0515. The number of fused-ring (bicyclic) bond motifs is 2. The van der Waals surface area contributed by atoms with Gasteiger partial charge < -0.3 is 9.84 Å². The highest BCUT2D eigenvalue weighted by molar-refractivity contribution is 5.20. The van der Waals surface area contributed by atoms with E-state index in [4.69, 9.17) is 4.74 Å². The lowest BCUT2D eigenvalue weighted by atomic mass is 9.56.